The van der Waals surface area contributed by atoms with Crippen molar-refractivity contribution in [3.8, 4) is 0 Å². The molecule has 0 saturated carbocycles. The van der Waals surface area contributed by atoms with Crippen LogP contribution < -0.4 is 0 Å². The van der Waals surface area contributed by atoms with Crippen molar-refractivity contribution in [2.24, 2.45) is 0 Å². The van der Waals surface area contributed by atoms with E-state index in [-0.39, 0.29) is 6.07 Å². The second kappa shape index (κ2) is 4.26. The molecule has 1 rings (SSSR count). The topological polar surface area (TPSA) is 54.4 Å². The summed E-state index contributed by atoms with van der Waals surface area (Å²) >= 11 is 0. The van der Waals surface area contributed by atoms with Crippen LogP contribution in [0.3, 0.4) is 0 Å². The van der Waals surface area contributed by atoms with Crippen LogP contribution in [0.15, 0.2) is 17.0 Å². The predicted octanol–water partition coefficient (Wildman–Crippen LogP) is 2.38. The van der Waals surface area contributed by atoms with Crippen molar-refractivity contribution in [1.29, 1.82) is 0 Å². The normalized spacial score (nSPS) is 12.3. The average Bonchev–Trinajstić information content (AvgIpc) is 2.17. The molecule has 0 unspecified atom stereocenters. The van der Waals surface area contributed by atoms with Gasteiger partial charge in [0, 0.05) is 5.56 Å². The molecule has 7 heteroatoms. The maximum absolute atomic E-state index is 13.2. The van der Waals surface area contributed by atoms with Gasteiger partial charge < -0.3 is 0 Å². The minimum Gasteiger partial charge on any atom is -0.282 e. The Kier molecular flexibility index (Phi) is 3.39. The van der Waals surface area contributed by atoms with E-state index in [0.717, 1.165) is 6.08 Å². The van der Waals surface area contributed by atoms with Crippen LogP contribution in [0.25, 0.3) is 6.08 Å². The zero-order valence-corrected chi connectivity index (χ0v) is 8.85. The first-order valence-electron chi connectivity index (χ1n) is 4.06. The zero-order valence-electron chi connectivity index (χ0n) is 8.04. The maximum atomic E-state index is 13.2. The highest BCUT2D eigenvalue weighted by Gasteiger charge is 2.23. The van der Waals surface area contributed by atoms with E-state index in [0.29, 0.717) is 0 Å². The first-order valence-corrected chi connectivity index (χ1v) is 5.50. The molecular formula is C9H7F3O3S. The number of hydrogen-bond acceptors (Lipinski definition) is 2. The summed E-state index contributed by atoms with van der Waals surface area (Å²) in [4.78, 5) is -1.01. The van der Waals surface area contributed by atoms with Gasteiger partial charge in [-0.25, -0.2) is 13.2 Å². The predicted molar refractivity (Wildman–Crippen MR) is 50.8 cm³/mol. The smallest absolute Gasteiger partial charge is 0.282 e. The van der Waals surface area contributed by atoms with Crippen LogP contribution in [0.2, 0.25) is 0 Å². The van der Waals surface area contributed by atoms with Crippen molar-refractivity contribution in [3.63, 3.8) is 0 Å². The Morgan fingerprint density at radius 1 is 1.25 bits per heavy atom. The van der Waals surface area contributed by atoms with E-state index < -0.39 is 38.0 Å². The standard InChI is InChI=1S/C9H7F3O3S/c1-2-3-5-7(16(13,14)15)4-6(10)9(12)8(5)11/h2-4H,1H3,(H,13,14,15). The van der Waals surface area contributed by atoms with Gasteiger partial charge in [0.25, 0.3) is 10.1 Å². The fraction of sp³-hybridized carbons (Fsp3) is 0.111. The molecule has 0 atom stereocenters. The van der Waals surface area contributed by atoms with Crippen molar-refractivity contribution in [2.75, 3.05) is 0 Å². The second-order valence-corrected chi connectivity index (χ2v) is 4.26. The van der Waals surface area contributed by atoms with Crippen LogP contribution in [0.5, 0.6) is 0 Å². The Labute approximate surface area is 90.0 Å². The second-order valence-electron chi connectivity index (χ2n) is 2.87. The highest BCUT2D eigenvalue weighted by atomic mass is 32.2. The number of halogens is 3. The SMILES string of the molecule is CC=Cc1c(S(=O)(=O)O)cc(F)c(F)c1F. The first kappa shape index (κ1) is 12.7. The summed E-state index contributed by atoms with van der Waals surface area (Å²) in [5.74, 6) is -5.13. The van der Waals surface area contributed by atoms with Crippen molar-refractivity contribution in [3.05, 3.63) is 35.2 Å². The lowest BCUT2D eigenvalue weighted by atomic mass is 10.2. The molecule has 1 aromatic carbocycles. The van der Waals surface area contributed by atoms with E-state index in [1.165, 1.54) is 13.0 Å². The van der Waals surface area contributed by atoms with E-state index in [1.807, 2.05) is 0 Å². The molecule has 0 fully saturated rings. The Morgan fingerprint density at radius 3 is 2.25 bits per heavy atom. The van der Waals surface area contributed by atoms with E-state index in [9.17, 15) is 21.6 Å². The van der Waals surface area contributed by atoms with Crippen molar-refractivity contribution >= 4 is 16.2 Å². The van der Waals surface area contributed by atoms with E-state index >= 15 is 0 Å². The molecule has 0 bridgehead atoms. The third-order valence-corrected chi connectivity index (χ3v) is 2.67. The molecule has 0 saturated heterocycles. The van der Waals surface area contributed by atoms with Crippen LogP contribution in [-0.2, 0) is 10.1 Å². The quantitative estimate of drug-likeness (QED) is 0.649. The zero-order chi connectivity index (χ0) is 12.5. The molecular weight excluding hydrogens is 245 g/mol. The molecule has 3 nitrogen and oxygen atoms in total. The number of hydrogen-bond donors (Lipinski definition) is 1. The highest BCUT2D eigenvalue weighted by Crippen LogP contribution is 2.25. The van der Waals surface area contributed by atoms with Crippen LogP contribution in [0.4, 0.5) is 13.2 Å². The van der Waals surface area contributed by atoms with Gasteiger partial charge in [0.05, 0.1) is 0 Å². The Hall–Kier alpha value is -1.34. The molecule has 88 valence electrons. The summed E-state index contributed by atoms with van der Waals surface area (Å²) in [5.41, 5.74) is -0.719. The summed E-state index contributed by atoms with van der Waals surface area (Å²) in [6, 6.07) is 0.225. The third kappa shape index (κ3) is 2.25. The number of benzene rings is 1. The monoisotopic (exact) mass is 252 g/mol. The molecule has 0 heterocycles. The minimum absolute atomic E-state index is 0.225. The summed E-state index contributed by atoms with van der Waals surface area (Å²) < 4.78 is 69.1. The van der Waals surface area contributed by atoms with Crippen LogP contribution in [0, 0.1) is 17.5 Å². The maximum Gasteiger partial charge on any atom is 0.295 e. The molecule has 0 aliphatic rings. The molecule has 0 spiro atoms. The molecule has 16 heavy (non-hydrogen) atoms. The third-order valence-electron chi connectivity index (χ3n) is 1.77. The molecule has 1 aromatic rings. The van der Waals surface area contributed by atoms with Gasteiger partial charge in [0.15, 0.2) is 17.5 Å². The van der Waals surface area contributed by atoms with Gasteiger partial charge in [-0.05, 0) is 13.0 Å². The van der Waals surface area contributed by atoms with Crippen molar-refractivity contribution < 1.29 is 26.1 Å². The Bertz CT molecular complexity index is 550. The van der Waals surface area contributed by atoms with Gasteiger partial charge in [0.1, 0.15) is 4.90 Å². The first-order chi connectivity index (χ1) is 7.29. The van der Waals surface area contributed by atoms with E-state index in [1.54, 1.807) is 0 Å². The fourth-order valence-electron chi connectivity index (χ4n) is 1.12. The average molecular weight is 252 g/mol. The van der Waals surface area contributed by atoms with Crippen LogP contribution in [0.1, 0.15) is 12.5 Å². The molecule has 1 N–H and O–H groups in total. The van der Waals surface area contributed by atoms with E-state index in [4.69, 9.17) is 4.55 Å². The Balaban J connectivity index is 3.74. The molecule has 0 amide bonds. The van der Waals surface area contributed by atoms with Crippen LogP contribution in [-0.4, -0.2) is 13.0 Å². The summed E-state index contributed by atoms with van der Waals surface area (Å²) in [6.45, 7) is 1.43. The lowest BCUT2D eigenvalue weighted by Gasteiger charge is -2.05. The molecule has 0 aliphatic carbocycles. The van der Waals surface area contributed by atoms with Crippen LogP contribution >= 0.6 is 0 Å². The molecule has 0 aromatic heterocycles. The van der Waals surface area contributed by atoms with Gasteiger partial charge in [-0.2, -0.15) is 8.42 Å². The summed E-state index contributed by atoms with van der Waals surface area (Å²) in [6.07, 6.45) is 2.14. The lowest BCUT2D eigenvalue weighted by molar-refractivity contribution is 0.436. The van der Waals surface area contributed by atoms with Gasteiger partial charge in [-0.1, -0.05) is 12.2 Å². The number of allylic oxidation sites excluding steroid dienone is 1. The fourth-order valence-corrected chi connectivity index (χ4v) is 1.81. The number of rotatable bonds is 2. The van der Waals surface area contributed by atoms with Crippen molar-refractivity contribution in [2.45, 2.75) is 11.8 Å². The minimum atomic E-state index is -4.82. The van der Waals surface area contributed by atoms with Crippen molar-refractivity contribution in [1.82, 2.24) is 0 Å². The van der Waals surface area contributed by atoms with Gasteiger partial charge in [-0.15, -0.1) is 0 Å². The summed E-state index contributed by atoms with van der Waals surface area (Å²) in [7, 11) is -4.82. The van der Waals surface area contributed by atoms with Gasteiger partial charge in [0.2, 0.25) is 0 Å². The lowest BCUT2D eigenvalue weighted by Crippen LogP contribution is -2.06. The van der Waals surface area contributed by atoms with E-state index in [2.05, 4.69) is 0 Å². The Morgan fingerprint density at radius 2 is 1.81 bits per heavy atom. The molecule has 0 radical (unpaired) electrons. The van der Waals surface area contributed by atoms with Gasteiger partial charge >= 0.3 is 0 Å². The highest BCUT2D eigenvalue weighted by molar-refractivity contribution is 7.85. The summed E-state index contributed by atoms with van der Waals surface area (Å²) in [5, 5.41) is 0. The van der Waals surface area contributed by atoms with Gasteiger partial charge in [-0.3, -0.25) is 4.55 Å². The molecule has 0 aliphatic heterocycles. The largest absolute Gasteiger partial charge is 0.295 e.